The van der Waals surface area contributed by atoms with Crippen molar-refractivity contribution in [2.75, 3.05) is 7.11 Å². The van der Waals surface area contributed by atoms with Crippen LogP contribution in [-0.2, 0) is 16.1 Å². The number of nitrogens with zero attached hydrogens (tertiary/aromatic N) is 3. The van der Waals surface area contributed by atoms with Crippen LogP contribution < -0.4 is 4.74 Å². The second-order valence-corrected chi connectivity index (χ2v) is 9.34. The number of halogens is 1. The smallest absolute Gasteiger partial charge is 0.296 e. The zero-order valence-electron chi connectivity index (χ0n) is 19.7. The van der Waals surface area contributed by atoms with E-state index >= 15 is 0 Å². The van der Waals surface area contributed by atoms with E-state index in [-0.39, 0.29) is 35.1 Å². The number of fused-ring (bicyclic) bond motifs is 1. The highest BCUT2D eigenvalue weighted by Gasteiger charge is 2.47. The van der Waals surface area contributed by atoms with Gasteiger partial charge in [0.25, 0.3) is 11.7 Å². The maximum absolute atomic E-state index is 13.4. The number of phenols is 1. The van der Waals surface area contributed by atoms with E-state index in [0.29, 0.717) is 27.1 Å². The highest BCUT2D eigenvalue weighted by Crippen LogP contribution is 2.45. The molecule has 1 atom stereocenters. The SMILES string of the molecule is COc1cc(C2C(=C(O)c3nc4c(C)cccn4c3C)C(=O)C(=O)N2Cc2ccco2)cc(Br)c1O. The van der Waals surface area contributed by atoms with Crippen molar-refractivity contribution in [3.8, 4) is 11.5 Å². The van der Waals surface area contributed by atoms with Crippen LogP contribution in [0, 0.1) is 13.8 Å². The minimum Gasteiger partial charge on any atom is -0.505 e. The van der Waals surface area contributed by atoms with E-state index in [2.05, 4.69) is 20.9 Å². The molecule has 1 amide bonds. The van der Waals surface area contributed by atoms with E-state index in [9.17, 15) is 19.8 Å². The molecule has 0 saturated carbocycles. The number of aliphatic hydroxyl groups is 1. The first-order valence-corrected chi connectivity index (χ1v) is 11.8. The van der Waals surface area contributed by atoms with Gasteiger partial charge in [-0.15, -0.1) is 0 Å². The first-order chi connectivity index (χ1) is 17.2. The molecule has 184 valence electrons. The Kier molecular flexibility index (Phi) is 5.83. The number of aromatic hydroxyl groups is 1. The number of likely N-dealkylation sites (tertiary alicyclic amines) is 1. The Morgan fingerprint density at radius 1 is 1.22 bits per heavy atom. The van der Waals surface area contributed by atoms with Crippen molar-refractivity contribution in [3.63, 3.8) is 0 Å². The fourth-order valence-corrected chi connectivity index (χ4v) is 5.00. The van der Waals surface area contributed by atoms with E-state index < -0.39 is 17.7 Å². The Morgan fingerprint density at radius 2 is 2.00 bits per heavy atom. The zero-order chi connectivity index (χ0) is 25.7. The summed E-state index contributed by atoms with van der Waals surface area (Å²) in [7, 11) is 1.40. The molecule has 0 radical (unpaired) electrons. The van der Waals surface area contributed by atoms with Gasteiger partial charge in [-0.1, -0.05) is 6.07 Å². The summed E-state index contributed by atoms with van der Waals surface area (Å²) < 4.78 is 12.8. The zero-order valence-corrected chi connectivity index (χ0v) is 21.2. The minimum absolute atomic E-state index is 0.0108. The molecule has 9 nitrogen and oxygen atoms in total. The molecule has 0 aliphatic carbocycles. The number of hydrogen-bond acceptors (Lipinski definition) is 7. The average Bonchev–Trinajstić information content (AvgIpc) is 3.55. The Balaban J connectivity index is 1.75. The number of furan rings is 1. The van der Waals surface area contributed by atoms with E-state index in [4.69, 9.17) is 9.15 Å². The number of rotatable bonds is 5. The normalized spacial score (nSPS) is 17.3. The molecule has 10 heteroatoms. The van der Waals surface area contributed by atoms with Crippen LogP contribution in [0.1, 0.15) is 34.3 Å². The summed E-state index contributed by atoms with van der Waals surface area (Å²) in [5.74, 6) is -1.55. The molecule has 1 fully saturated rings. The number of benzene rings is 1. The van der Waals surface area contributed by atoms with Gasteiger partial charge in [0, 0.05) is 6.20 Å². The molecule has 4 heterocycles. The summed E-state index contributed by atoms with van der Waals surface area (Å²) in [6.07, 6.45) is 3.29. The molecule has 1 saturated heterocycles. The fraction of sp³-hybridized carbons (Fsp3) is 0.192. The van der Waals surface area contributed by atoms with Gasteiger partial charge in [0.1, 0.15) is 17.1 Å². The second-order valence-electron chi connectivity index (χ2n) is 8.49. The molecule has 1 aliphatic heterocycles. The number of hydrogen-bond donors (Lipinski definition) is 2. The highest BCUT2D eigenvalue weighted by atomic mass is 79.9. The number of carbonyl (C=O) groups is 2. The van der Waals surface area contributed by atoms with Gasteiger partial charge >= 0.3 is 0 Å². The van der Waals surface area contributed by atoms with Gasteiger partial charge in [-0.05, 0) is 71.2 Å². The summed E-state index contributed by atoms with van der Waals surface area (Å²) >= 11 is 3.31. The number of pyridine rings is 1. The number of ether oxygens (including phenoxy) is 1. The number of phenolic OH excluding ortho intramolecular Hbond substituents is 1. The third kappa shape index (κ3) is 3.65. The van der Waals surface area contributed by atoms with E-state index in [1.54, 1.807) is 25.1 Å². The third-order valence-electron chi connectivity index (χ3n) is 6.34. The maximum Gasteiger partial charge on any atom is 0.296 e. The van der Waals surface area contributed by atoms with Gasteiger partial charge in [-0.25, -0.2) is 4.98 Å². The third-order valence-corrected chi connectivity index (χ3v) is 6.95. The van der Waals surface area contributed by atoms with Crippen molar-refractivity contribution in [1.82, 2.24) is 14.3 Å². The Hall–Kier alpha value is -4.05. The van der Waals surface area contributed by atoms with Gasteiger partial charge in [-0.2, -0.15) is 0 Å². The molecule has 1 aliphatic rings. The predicted molar refractivity (Wildman–Crippen MR) is 134 cm³/mol. The summed E-state index contributed by atoms with van der Waals surface area (Å²) in [5, 5.41) is 21.8. The summed E-state index contributed by atoms with van der Waals surface area (Å²) in [4.78, 5) is 32.5. The van der Waals surface area contributed by atoms with E-state index in [1.165, 1.54) is 24.3 Å². The Morgan fingerprint density at radius 3 is 2.67 bits per heavy atom. The molecule has 5 rings (SSSR count). The number of ketones is 1. The fourth-order valence-electron chi connectivity index (χ4n) is 4.54. The van der Waals surface area contributed by atoms with Crippen LogP contribution in [0.2, 0.25) is 0 Å². The number of Topliss-reactive ketones (excluding diaryl/α,β-unsaturated/α-hetero) is 1. The monoisotopic (exact) mass is 551 g/mol. The minimum atomic E-state index is -0.994. The van der Waals surface area contributed by atoms with Gasteiger partial charge in [-0.3, -0.25) is 9.59 Å². The first kappa shape index (κ1) is 23.7. The predicted octanol–water partition coefficient (Wildman–Crippen LogP) is 4.64. The van der Waals surface area contributed by atoms with Crippen molar-refractivity contribution >= 4 is 39.0 Å². The number of aryl methyl sites for hydroxylation is 2. The van der Waals surface area contributed by atoms with Crippen molar-refractivity contribution in [2.24, 2.45) is 0 Å². The molecule has 1 unspecified atom stereocenters. The van der Waals surface area contributed by atoms with Crippen LogP contribution in [0.25, 0.3) is 11.4 Å². The lowest BCUT2D eigenvalue weighted by Gasteiger charge is -2.25. The van der Waals surface area contributed by atoms with Gasteiger partial charge in [0.05, 0.1) is 41.7 Å². The largest absolute Gasteiger partial charge is 0.505 e. The first-order valence-electron chi connectivity index (χ1n) is 11.0. The second kappa shape index (κ2) is 8.87. The Bertz CT molecular complexity index is 1550. The van der Waals surface area contributed by atoms with Crippen LogP contribution in [0.4, 0.5) is 0 Å². The molecular formula is C26H22BrN3O6. The molecule has 1 aromatic carbocycles. The Labute approximate surface area is 214 Å². The van der Waals surface area contributed by atoms with Gasteiger partial charge < -0.3 is 28.7 Å². The van der Waals surface area contributed by atoms with E-state index in [1.807, 2.05) is 29.7 Å². The van der Waals surface area contributed by atoms with Crippen LogP contribution in [0.15, 0.2) is 63.3 Å². The lowest BCUT2D eigenvalue weighted by atomic mass is 9.96. The van der Waals surface area contributed by atoms with E-state index in [0.717, 1.165) is 5.56 Å². The topological polar surface area (TPSA) is 118 Å². The molecule has 4 aromatic rings. The average molecular weight is 552 g/mol. The summed E-state index contributed by atoms with van der Waals surface area (Å²) in [6.45, 7) is 3.67. The number of imidazole rings is 1. The molecule has 36 heavy (non-hydrogen) atoms. The molecule has 2 N–H and O–H groups in total. The number of aromatic nitrogens is 2. The standard InChI is InChI=1S/C26H22BrN3O6/c1-13-6-4-8-29-14(2)20(28-25(13)29)23(32)19-21(15-10-17(27)22(31)18(11-15)35-3)30(26(34)24(19)33)12-16-7-5-9-36-16/h4-11,21,31-32H,12H2,1-3H3. The summed E-state index contributed by atoms with van der Waals surface area (Å²) in [5.41, 5.74) is 2.67. The number of methoxy groups -OCH3 is 1. The van der Waals surface area contributed by atoms with Gasteiger partial charge in [0.15, 0.2) is 17.3 Å². The molecule has 3 aromatic heterocycles. The number of aliphatic hydroxyl groups excluding tert-OH is 1. The van der Waals surface area contributed by atoms with Crippen LogP contribution in [0.5, 0.6) is 11.5 Å². The highest BCUT2D eigenvalue weighted by molar-refractivity contribution is 9.10. The lowest BCUT2D eigenvalue weighted by molar-refractivity contribution is -0.140. The van der Waals surface area contributed by atoms with Crippen molar-refractivity contribution in [1.29, 1.82) is 0 Å². The lowest BCUT2D eigenvalue weighted by Crippen LogP contribution is -2.29. The maximum atomic E-state index is 13.4. The quantitative estimate of drug-likeness (QED) is 0.210. The van der Waals surface area contributed by atoms with Crippen LogP contribution >= 0.6 is 15.9 Å². The van der Waals surface area contributed by atoms with Crippen LogP contribution in [0.3, 0.4) is 0 Å². The molecular weight excluding hydrogens is 530 g/mol. The molecule has 0 bridgehead atoms. The van der Waals surface area contributed by atoms with Gasteiger partial charge in [0.2, 0.25) is 0 Å². The summed E-state index contributed by atoms with van der Waals surface area (Å²) in [6, 6.07) is 9.25. The number of carbonyl (C=O) groups excluding carboxylic acids is 2. The van der Waals surface area contributed by atoms with Crippen LogP contribution in [-0.4, -0.2) is 43.3 Å². The number of amides is 1. The molecule has 0 spiro atoms. The van der Waals surface area contributed by atoms with Crippen molar-refractivity contribution < 1.29 is 29.0 Å². The van der Waals surface area contributed by atoms with Crippen molar-refractivity contribution in [2.45, 2.75) is 26.4 Å². The van der Waals surface area contributed by atoms with Crippen molar-refractivity contribution in [3.05, 3.63) is 87.2 Å².